The van der Waals surface area contributed by atoms with Crippen molar-refractivity contribution < 1.29 is 13.1 Å². The van der Waals surface area contributed by atoms with Crippen molar-refractivity contribution in [1.29, 1.82) is 0 Å². The first kappa shape index (κ1) is 22.9. The summed E-state index contributed by atoms with van der Waals surface area (Å²) >= 11 is 1.93. The molecule has 3 aromatic rings. The average molecular weight is 473 g/mol. The molecule has 0 amide bonds. The van der Waals surface area contributed by atoms with E-state index in [0.717, 1.165) is 22.8 Å². The standard InChI is InChI=1S/C22H22N2S.2ClH.Fe/c1-15-7-5-9-19(13-15)23-17(3)21-11-12-22(25-21)18(4)24-20-10-6-8-16(2)14-20;;;/h5-14H,1-4H3;2*1H;/q;;;+2/p-2. The predicted molar refractivity (Wildman–Crippen MR) is 122 cm³/mol. The van der Waals surface area contributed by atoms with E-state index in [1.807, 2.05) is 24.3 Å². The maximum atomic E-state index is 4.76. The number of rotatable bonds is 4. The number of thiophene rings is 1. The minimum absolute atomic E-state index is 0.194. The summed E-state index contributed by atoms with van der Waals surface area (Å²) in [5.41, 5.74) is 6.51. The fourth-order valence-electron chi connectivity index (χ4n) is 2.62. The molecular formula is C22H22Cl2FeN2S. The molecule has 0 bridgehead atoms. The van der Waals surface area contributed by atoms with Gasteiger partial charge in [0.2, 0.25) is 0 Å². The molecule has 0 aliphatic carbocycles. The third-order valence-electron chi connectivity index (χ3n) is 3.92. The number of benzene rings is 2. The normalized spacial score (nSPS) is 11.9. The molecule has 28 heavy (non-hydrogen) atoms. The Labute approximate surface area is 186 Å². The third-order valence-corrected chi connectivity index (χ3v) is 5.22. The Morgan fingerprint density at radius 3 is 1.50 bits per heavy atom. The second kappa shape index (κ2) is 11.5. The molecule has 3 rings (SSSR count). The van der Waals surface area contributed by atoms with E-state index in [0.29, 0.717) is 0 Å². The van der Waals surface area contributed by atoms with Gasteiger partial charge in [0.15, 0.2) is 0 Å². The van der Waals surface area contributed by atoms with Gasteiger partial charge in [-0.25, -0.2) is 0 Å². The summed E-state index contributed by atoms with van der Waals surface area (Å²) in [6.45, 7) is 8.29. The second-order valence-corrected chi connectivity index (χ2v) is 9.19. The monoisotopic (exact) mass is 472 g/mol. The van der Waals surface area contributed by atoms with Gasteiger partial charge in [-0.05, 0) is 75.2 Å². The molecule has 0 saturated carbocycles. The van der Waals surface area contributed by atoms with Crippen LogP contribution in [0.2, 0.25) is 0 Å². The molecule has 0 fully saturated rings. The quantitative estimate of drug-likeness (QED) is 0.271. The van der Waals surface area contributed by atoms with E-state index in [-0.39, 0.29) is 13.1 Å². The van der Waals surface area contributed by atoms with Crippen LogP contribution in [0.4, 0.5) is 11.4 Å². The Morgan fingerprint density at radius 1 is 0.750 bits per heavy atom. The van der Waals surface area contributed by atoms with Crippen molar-refractivity contribution in [3.05, 3.63) is 81.5 Å². The van der Waals surface area contributed by atoms with Gasteiger partial charge in [-0.3, -0.25) is 9.98 Å². The van der Waals surface area contributed by atoms with Crippen LogP contribution in [0.15, 0.2) is 70.6 Å². The topological polar surface area (TPSA) is 24.7 Å². The summed E-state index contributed by atoms with van der Waals surface area (Å²) in [6.07, 6.45) is 0. The van der Waals surface area contributed by atoms with Crippen LogP contribution in [0.5, 0.6) is 0 Å². The Kier molecular flexibility index (Phi) is 9.43. The van der Waals surface area contributed by atoms with Crippen LogP contribution in [0.25, 0.3) is 0 Å². The van der Waals surface area contributed by atoms with Crippen LogP contribution < -0.4 is 0 Å². The first-order valence-corrected chi connectivity index (χ1v) is 12.5. The Hall–Kier alpha value is -1.42. The van der Waals surface area contributed by atoms with Crippen molar-refractivity contribution in [2.45, 2.75) is 27.7 Å². The van der Waals surface area contributed by atoms with E-state index >= 15 is 0 Å². The average Bonchev–Trinajstić information content (AvgIpc) is 3.13. The van der Waals surface area contributed by atoms with Gasteiger partial charge < -0.3 is 0 Å². The summed E-state index contributed by atoms with van der Waals surface area (Å²) in [5.74, 6) is 0. The molecule has 0 atom stereocenters. The molecule has 1 aromatic heterocycles. The molecule has 0 aliphatic rings. The van der Waals surface area contributed by atoms with Crippen molar-refractivity contribution in [2.24, 2.45) is 9.98 Å². The molecule has 2 nitrogen and oxygen atoms in total. The number of hydrogen-bond donors (Lipinski definition) is 0. The summed E-state index contributed by atoms with van der Waals surface area (Å²) in [5, 5.41) is 0. The van der Waals surface area contributed by atoms with E-state index < -0.39 is 0 Å². The molecule has 0 N–H and O–H groups in total. The molecule has 0 aliphatic heterocycles. The van der Waals surface area contributed by atoms with E-state index in [2.05, 4.69) is 64.1 Å². The van der Waals surface area contributed by atoms with Gasteiger partial charge in [-0.1, -0.05) is 24.3 Å². The first-order valence-electron chi connectivity index (χ1n) is 8.62. The van der Waals surface area contributed by atoms with Gasteiger partial charge in [0.1, 0.15) is 0 Å². The van der Waals surface area contributed by atoms with Gasteiger partial charge in [-0.15, -0.1) is 11.3 Å². The molecule has 148 valence electrons. The third kappa shape index (κ3) is 7.20. The second-order valence-electron chi connectivity index (χ2n) is 6.29. The molecule has 0 spiro atoms. The van der Waals surface area contributed by atoms with Crippen LogP contribution >= 0.6 is 31.5 Å². The molecule has 6 heteroatoms. The van der Waals surface area contributed by atoms with Crippen LogP contribution in [0.1, 0.15) is 34.7 Å². The van der Waals surface area contributed by atoms with E-state index in [1.165, 1.54) is 20.9 Å². The number of aliphatic imine (C=N–C) groups is 2. The fourth-order valence-corrected chi connectivity index (χ4v) is 3.52. The maximum absolute atomic E-state index is 4.76. The van der Waals surface area contributed by atoms with E-state index in [4.69, 9.17) is 30.2 Å². The van der Waals surface area contributed by atoms with Crippen LogP contribution in [-0.2, 0) is 13.1 Å². The zero-order chi connectivity index (χ0) is 20.5. The van der Waals surface area contributed by atoms with Crippen LogP contribution in [0, 0.1) is 13.8 Å². The summed E-state index contributed by atoms with van der Waals surface area (Å²) in [4.78, 5) is 11.8. The van der Waals surface area contributed by atoms with Crippen molar-refractivity contribution in [3.8, 4) is 0 Å². The number of aryl methyl sites for hydroxylation is 2. The van der Waals surface area contributed by atoms with Crippen molar-refractivity contribution in [1.82, 2.24) is 0 Å². The zero-order valence-corrected chi connectivity index (χ0v) is 19.6. The van der Waals surface area contributed by atoms with Gasteiger partial charge in [-0.2, -0.15) is 0 Å². The van der Waals surface area contributed by atoms with Gasteiger partial charge in [0.25, 0.3) is 0 Å². The summed E-state index contributed by atoms with van der Waals surface area (Å²) in [7, 11) is 9.53. The van der Waals surface area contributed by atoms with Crippen LogP contribution in [-0.4, -0.2) is 11.4 Å². The zero-order valence-electron chi connectivity index (χ0n) is 16.2. The minimum atomic E-state index is 0.194. The van der Waals surface area contributed by atoms with Crippen molar-refractivity contribution in [2.75, 3.05) is 0 Å². The predicted octanol–water partition coefficient (Wildman–Crippen LogP) is 8.02. The van der Waals surface area contributed by atoms with Crippen molar-refractivity contribution >= 4 is 54.3 Å². The summed E-state index contributed by atoms with van der Waals surface area (Å²) < 4.78 is 0. The first-order chi connectivity index (χ1) is 13.4. The Balaban J connectivity index is 0.000000878. The number of hydrogen-bond acceptors (Lipinski definition) is 3. The molecule has 2 aromatic carbocycles. The van der Waals surface area contributed by atoms with Gasteiger partial charge >= 0.3 is 33.3 Å². The van der Waals surface area contributed by atoms with E-state index in [1.54, 1.807) is 11.3 Å². The molecule has 0 saturated heterocycles. The molecule has 1 heterocycles. The Bertz CT molecular complexity index is 904. The number of nitrogens with zero attached hydrogens (tertiary/aromatic N) is 2. The van der Waals surface area contributed by atoms with E-state index in [9.17, 15) is 0 Å². The van der Waals surface area contributed by atoms with Gasteiger partial charge in [0.05, 0.1) is 22.8 Å². The SMILES string of the molecule is CC(=Nc1cccc(C)c1)c1ccc(C(C)=Nc2cccc(C)c2)s1.[Cl][Fe][Cl]. The summed E-state index contributed by atoms with van der Waals surface area (Å²) in [6, 6.07) is 20.8. The Morgan fingerprint density at radius 2 is 1.14 bits per heavy atom. The van der Waals surface area contributed by atoms with Gasteiger partial charge in [0, 0.05) is 9.75 Å². The van der Waals surface area contributed by atoms with Crippen molar-refractivity contribution in [3.63, 3.8) is 0 Å². The number of halogens is 2. The van der Waals surface area contributed by atoms with Crippen LogP contribution in [0.3, 0.4) is 0 Å². The fraction of sp³-hybridized carbons (Fsp3) is 0.182. The molecule has 0 unspecified atom stereocenters. The molecule has 0 radical (unpaired) electrons. The molecular weight excluding hydrogens is 451 g/mol.